The van der Waals surface area contributed by atoms with Crippen LogP contribution in [0.4, 0.5) is 0 Å². The molecule has 0 spiro atoms. The molecule has 0 saturated heterocycles. The number of hydrogen-bond acceptors (Lipinski definition) is 5. The van der Waals surface area contributed by atoms with Crippen LogP contribution in [0.5, 0.6) is 0 Å². The van der Waals surface area contributed by atoms with Crippen molar-refractivity contribution < 1.29 is 5.21 Å². The van der Waals surface area contributed by atoms with Crippen molar-refractivity contribution in [3.8, 4) is 0 Å². The molecular formula is C12H21N5OS. The average molecular weight is 283 g/mol. The average Bonchev–Trinajstić information content (AvgIpc) is 2.66. The van der Waals surface area contributed by atoms with Crippen LogP contribution in [0.25, 0.3) is 0 Å². The molecule has 0 radical (unpaired) electrons. The monoisotopic (exact) mass is 283 g/mol. The number of nitrogens with two attached hydrogens (primary N) is 1. The first-order chi connectivity index (χ1) is 9.31. The summed E-state index contributed by atoms with van der Waals surface area (Å²) in [4.78, 5) is 0. The Bertz CT molecular complexity index is 432. The van der Waals surface area contributed by atoms with Gasteiger partial charge in [0.15, 0.2) is 5.16 Å². The van der Waals surface area contributed by atoms with Gasteiger partial charge < -0.3 is 15.5 Å². The Morgan fingerprint density at radius 1 is 1.32 bits per heavy atom. The minimum Gasteiger partial charge on any atom is -0.409 e. The fraction of sp³-hybridized carbons (Fsp3) is 0.750. The molecule has 2 heterocycles. The Balaban J connectivity index is 1.76. The first-order valence-corrected chi connectivity index (χ1v) is 7.81. The smallest absolute Gasteiger partial charge is 0.191 e. The highest BCUT2D eigenvalue weighted by molar-refractivity contribution is 7.99. The van der Waals surface area contributed by atoms with Crippen molar-refractivity contribution in [1.29, 1.82) is 0 Å². The quantitative estimate of drug-likeness (QED) is 0.208. The van der Waals surface area contributed by atoms with E-state index >= 15 is 0 Å². The SMILES string of the molecule is N/C(CCCCSc1nnc2n1CCCCC2)=N/O. The van der Waals surface area contributed by atoms with Gasteiger partial charge in [-0.25, -0.2) is 0 Å². The van der Waals surface area contributed by atoms with Crippen LogP contribution in [0.1, 0.15) is 44.3 Å². The van der Waals surface area contributed by atoms with Crippen molar-refractivity contribution in [1.82, 2.24) is 14.8 Å². The minimum absolute atomic E-state index is 0.307. The highest BCUT2D eigenvalue weighted by atomic mass is 32.2. The number of oxime groups is 1. The molecule has 0 amide bonds. The zero-order valence-corrected chi connectivity index (χ0v) is 11.9. The molecule has 1 aliphatic rings. The summed E-state index contributed by atoms with van der Waals surface area (Å²) in [5, 5.41) is 21.0. The molecule has 0 atom stereocenters. The lowest BCUT2D eigenvalue weighted by atomic mass is 10.2. The molecule has 0 fully saturated rings. The second-order valence-electron chi connectivity index (χ2n) is 4.76. The summed E-state index contributed by atoms with van der Waals surface area (Å²) in [7, 11) is 0. The van der Waals surface area contributed by atoms with E-state index < -0.39 is 0 Å². The molecule has 6 nitrogen and oxygen atoms in total. The van der Waals surface area contributed by atoms with Gasteiger partial charge in [0.05, 0.1) is 0 Å². The van der Waals surface area contributed by atoms with Gasteiger partial charge in [0, 0.05) is 25.1 Å². The standard InChI is InChI=1S/C12H21N5OS/c13-10(16-18)6-3-5-9-19-12-15-14-11-7-2-1-4-8-17(11)12/h18H,1-9H2,(H2,13,16). The minimum atomic E-state index is 0.307. The summed E-state index contributed by atoms with van der Waals surface area (Å²) in [5.41, 5.74) is 5.43. The van der Waals surface area contributed by atoms with Gasteiger partial charge in [-0.15, -0.1) is 10.2 Å². The summed E-state index contributed by atoms with van der Waals surface area (Å²) in [6.45, 7) is 1.05. The third-order valence-corrected chi connectivity index (χ3v) is 4.32. The first kappa shape index (κ1) is 14.2. The Labute approximate surface area is 117 Å². The molecule has 3 N–H and O–H groups in total. The van der Waals surface area contributed by atoms with Crippen molar-refractivity contribution in [2.24, 2.45) is 10.9 Å². The number of fused-ring (bicyclic) bond motifs is 1. The lowest BCUT2D eigenvalue weighted by molar-refractivity contribution is 0.316. The summed E-state index contributed by atoms with van der Waals surface area (Å²) in [5.74, 6) is 2.44. The maximum Gasteiger partial charge on any atom is 0.191 e. The van der Waals surface area contributed by atoms with Gasteiger partial charge in [-0.3, -0.25) is 0 Å². The Morgan fingerprint density at radius 2 is 2.21 bits per heavy atom. The van der Waals surface area contributed by atoms with E-state index in [2.05, 4.69) is 19.9 Å². The molecule has 7 heteroatoms. The van der Waals surface area contributed by atoms with Crippen molar-refractivity contribution >= 4 is 17.6 Å². The van der Waals surface area contributed by atoms with E-state index in [-0.39, 0.29) is 0 Å². The van der Waals surface area contributed by atoms with Gasteiger partial charge in [0.1, 0.15) is 11.7 Å². The third-order valence-electron chi connectivity index (χ3n) is 3.26. The van der Waals surface area contributed by atoms with Gasteiger partial charge >= 0.3 is 0 Å². The van der Waals surface area contributed by atoms with E-state index in [0.29, 0.717) is 12.3 Å². The molecule has 0 saturated carbocycles. The van der Waals surface area contributed by atoms with Crippen LogP contribution in [0.2, 0.25) is 0 Å². The molecule has 0 aromatic carbocycles. The van der Waals surface area contributed by atoms with Crippen LogP contribution in [0, 0.1) is 0 Å². The van der Waals surface area contributed by atoms with Gasteiger partial charge in [-0.05, 0) is 25.7 Å². The molecule has 1 aromatic rings. The summed E-state index contributed by atoms with van der Waals surface area (Å²) in [6, 6.07) is 0. The van der Waals surface area contributed by atoms with Crippen LogP contribution in [-0.2, 0) is 13.0 Å². The van der Waals surface area contributed by atoms with Gasteiger partial charge in [-0.2, -0.15) is 0 Å². The van der Waals surface area contributed by atoms with Crippen LogP contribution in [0.3, 0.4) is 0 Å². The van der Waals surface area contributed by atoms with E-state index in [1.807, 2.05) is 0 Å². The van der Waals surface area contributed by atoms with Crippen LogP contribution >= 0.6 is 11.8 Å². The summed E-state index contributed by atoms with van der Waals surface area (Å²) in [6.07, 6.45) is 7.40. The van der Waals surface area contributed by atoms with Gasteiger partial charge in [-0.1, -0.05) is 23.3 Å². The molecule has 19 heavy (non-hydrogen) atoms. The molecule has 106 valence electrons. The highest BCUT2D eigenvalue weighted by Gasteiger charge is 2.14. The Kier molecular flexibility index (Phi) is 5.50. The number of hydrogen-bond donors (Lipinski definition) is 2. The maximum absolute atomic E-state index is 8.44. The topological polar surface area (TPSA) is 89.3 Å². The molecular weight excluding hydrogens is 262 g/mol. The molecule has 2 rings (SSSR count). The number of rotatable bonds is 6. The van der Waals surface area contributed by atoms with E-state index in [1.165, 1.54) is 19.3 Å². The van der Waals surface area contributed by atoms with Crippen LogP contribution in [0.15, 0.2) is 10.3 Å². The fourth-order valence-electron chi connectivity index (χ4n) is 2.19. The van der Waals surface area contributed by atoms with E-state index in [9.17, 15) is 0 Å². The Hall–Kier alpha value is -1.24. The normalized spacial score (nSPS) is 16.1. The zero-order valence-electron chi connectivity index (χ0n) is 11.1. The van der Waals surface area contributed by atoms with Crippen LogP contribution < -0.4 is 5.73 Å². The lowest BCUT2D eigenvalue weighted by Crippen LogP contribution is -2.10. The van der Waals surface area contributed by atoms with Gasteiger partial charge in [0.2, 0.25) is 0 Å². The molecule has 1 aromatic heterocycles. The summed E-state index contributed by atoms with van der Waals surface area (Å²) < 4.78 is 2.27. The van der Waals surface area contributed by atoms with Crippen molar-refractivity contribution in [2.75, 3.05) is 5.75 Å². The second-order valence-corrected chi connectivity index (χ2v) is 5.82. The van der Waals surface area contributed by atoms with E-state index in [4.69, 9.17) is 10.9 Å². The zero-order chi connectivity index (χ0) is 13.5. The van der Waals surface area contributed by atoms with E-state index in [1.54, 1.807) is 11.8 Å². The number of aromatic nitrogens is 3. The molecule has 0 aliphatic carbocycles. The number of nitrogens with zero attached hydrogens (tertiary/aromatic N) is 4. The fourth-order valence-corrected chi connectivity index (χ4v) is 3.17. The number of aryl methyl sites for hydroxylation is 1. The van der Waals surface area contributed by atoms with E-state index in [0.717, 1.165) is 42.5 Å². The molecule has 1 aliphatic heterocycles. The Morgan fingerprint density at radius 3 is 3.05 bits per heavy atom. The predicted molar refractivity (Wildman–Crippen MR) is 75.6 cm³/mol. The van der Waals surface area contributed by atoms with Crippen molar-refractivity contribution in [2.45, 2.75) is 56.6 Å². The highest BCUT2D eigenvalue weighted by Crippen LogP contribution is 2.22. The molecule has 0 bridgehead atoms. The third kappa shape index (κ3) is 4.12. The number of unbranched alkanes of at least 4 members (excludes halogenated alkanes) is 1. The van der Waals surface area contributed by atoms with Crippen molar-refractivity contribution in [3.05, 3.63) is 5.82 Å². The molecule has 0 unspecified atom stereocenters. The van der Waals surface area contributed by atoms with Crippen LogP contribution in [-0.4, -0.2) is 31.6 Å². The summed E-state index contributed by atoms with van der Waals surface area (Å²) >= 11 is 1.76. The lowest BCUT2D eigenvalue weighted by Gasteiger charge is -2.06. The maximum atomic E-state index is 8.44. The largest absolute Gasteiger partial charge is 0.409 e. The number of amidine groups is 1. The van der Waals surface area contributed by atoms with Crippen molar-refractivity contribution in [3.63, 3.8) is 0 Å². The van der Waals surface area contributed by atoms with Gasteiger partial charge in [0.25, 0.3) is 0 Å². The second kappa shape index (κ2) is 7.37. The predicted octanol–water partition coefficient (Wildman–Crippen LogP) is 2.01. The number of thioether (sulfide) groups is 1. The first-order valence-electron chi connectivity index (χ1n) is 6.82.